The molecule has 0 saturated carbocycles. The molecule has 2 aromatic carbocycles. The van der Waals surface area contributed by atoms with Crippen molar-refractivity contribution < 1.29 is 14.6 Å². The van der Waals surface area contributed by atoms with Crippen LogP contribution in [0.3, 0.4) is 0 Å². The number of ether oxygens (including phenoxy) is 1. The number of aryl methyl sites for hydroxylation is 1. The van der Waals surface area contributed by atoms with Crippen LogP contribution in [0.4, 0.5) is 5.69 Å². The van der Waals surface area contributed by atoms with E-state index in [0.29, 0.717) is 24.3 Å². The van der Waals surface area contributed by atoms with Gasteiger partial charge in [-0.3, -0.25) is 9.69 Å². The highest BCUT2D eigenvalue weighted by Gasteiger charge is 2.21. The van der Waals surface area contributed by atoms with Gasteiger partial charge in [-0.05, 0) is 48.9 Å². The smallest absolute Gasteiger partial charge is 0.162 e. The second kappa shape index (κ2) is 10.1. The summed E-state index contributed by atoms with van der Waals surface area (Å²) in [6.07, 6.45) is -0.0744. The van der Waals surface area contributed by atoms with Crippen LogP contribution in [-0.4, -0.2) is 61.2 Å². The summed E-state index contributed by atoms with van der Waals surface area (Å²) in [6.45, 7) is 8.34. The summed E-state index contributed by atoms with van der Waals surface area (Å²) >= 11 is 6.15. The Kier molecular flexibility index (Phi) is 7.53. The van der Waals surface area contributed by atoms with Gasteiger partial charge < -0.3 is 14.7 Å². The minimum atomic E-state index is -0.564. The third-order valence-electron chi connectivity index (χ3n) is 5.29. The molecule has 0 aromatic heterocycles. The van der Waals surface area contributed by atoms with Crippen LogP contribution in [0, 0.1) is 6.92 Å². The Morgan fingerprint density at radius 1 is 1.14 bits per heavy atom. The summed E-state index contributed by atoms with van der Waals surface area (Å²) < 4.78 is 5.68. The molecule has 1 N–H and O–H groups in total. The topological polar surface area (TPSA) is 53.0 Å². The van der Waals surface area contributed by atoms with Crippen LogP contribution in [0.2, 0.25) is 5.02 Å². The Hall–Kier alpha value is -2.08. The van der Waals surface area contributed by atoms with Crippen LogP contribution in [0.25, 0.3) is 0 Å². The van der Waals surface area contributed by atoms with Gasteiger partial charge in [-0.2, -0.15) is 0 Å². The molecule has 1 heterocycles. The molecule has 1 aliphatic heterocycles. The lowest BCUT2D eigenvalue weighted by Gasteiger charge is -2.37. The summed E-state index contributed by atoms with van der Waals surface area (Å²) in [6, 6.07) is 13.1. The monoisotopic (exact) mass is 416 g/mol. The minimum Gasteiger partial charge on any atom is -0.491 e. The number of ketones is 1. The number of hydrogen-bond donors (Lipinski definition) is 1. The third kappa shape index (κ3) is 5.95. The van der Waals surface area contributed by atoms with E-state index in [1.165, 1.54) is 11.3 Å². The number of halogens is 1. The quantitative estimate of drug-likeness (QED) is 0.663. The lowest BCUT2D eigenvalue weighted by atomic mass is 10.1. The number of aliphatic hydroxyl groups is 1. The van der Waals surface area contributed by atoms with Crippen molar-refractivity contribution in [2.75, 3.05) is 44.2 Å². The molecule has 0 radical (unpaired) electrons. The van der Waals surface area contributed by atoms with Gasteiger partial charge in [0.25, 0.3) is 0 Å². The van der Waals surface area contributed by atoms with E-state index in [9.17, 15) is 9.90 Å². The maximum atomic E-state index is 11.7. The van der Waals surface area contributed by atoms with Crippen molar-refractivity contribution in [1.82, 2.24) is 4.90 Å². The first-order valence-electron chi connectivity index (χ1n) is 10.1. The van der Waals surface area contributed by atoms with E-state index in [1.807, 2.05) is 19.1 Å². The van der Waals surface area contributed by atoms with Crippen LogP contribution in [0.1, 0.15) is 29.3 Å². The van der Waals surface area contributed by atoms with E-state index in [1.54, 1.807) is 24.3 Å². The molecule has 1 atom stereocenters. The van der Waals surface area contributed by atoms with E-state index < -0.39 is 6.10 Å². The van der Waals surface area contributed by atoms with E-state index in [-0.39, 0.29) is 12.4 Å². The van der Waals surface area contributed by atoms with Gasteiger partial charge in [-0.15, -0.1) is 0 Å². The molecule has 2 aromatic rings. The van der Waals surface area contributed by atoms with Crippen LogP contribution < -0.4 is 9.64 Å². The standard InChI is InChI=1S/C23H29ClN2O3/c1-3-23(28)18-5-8-21(9-6-18)29-16-20(27)15-25-10-12-26(13-11-25)22-14-19(24)7-4-17(22)2/h4-9,14,20,27H,3,10-13,15-16H2,1-2H3/t20-/m0/s1. The van der Waals surface area contributed by atoms with Gasteiger partial charge in [0.05, 0.1) is 0 Å². The van der Waals surface area contributed by atoms with E-state index in [2.05, 4.69) is 22.8 Å². The van der Waals surface area contributed by atoms with E-state index >= 15 is 0 Å². The molecule has 1 saturated heterocycles. The highest BCUT2D eigenvalue weighted by atomic mass is 35.5. The number of carbonyl (C=O) groups is 1. The predicted molar refractivity (Wildman–Crippen MR) is 117 cm³/mol. The Morgan fingerprint density at radius 3 is 2.48 bits per heavy atom. The number of piperazine rings is 1. The zero-order valence-corrected chi connectivity index (χ0v) is 17.9. The molecular weight excluding hydrogens is 388 g/mol. The first kappa shape index (κ1) is 21.6. The largest absolute Gasteiger partial charge is 0.491 e. The fraction of sp³-hybridized carbons (Fsp3) is 0.435. The molecule has 0 spiro atoms. The maximum absolute atomic E-state index is 11.7. The highest BCUT2D eigenvalue weighted by molar-refractivity contribution is 6.30. The normalized spacial score (nSPS) is 15.9. The Bertz CT molecular complexity index is 817. The third-order valence-corrected chi connectivity index (χ3v) is 5.53. The summed E-state index contributed by atoms with van der Waals surface area (Å²) in [5, 5.41) is 11.1. The van der Waals surface area contributed by atoms with E-state index in [4.69, 9.17) is 16.3 Å². The zero-order chi connectivity index (χ0) is 20.8. The Morgan fingerprint density at radius 2 is 1.83 bits per heavy atom. The second-order valence-corrected chi connectivity index (χ2v) is 7.92. The average Bonchev–Trinajstić information content (AvgIpc) is 2.74. The minimum absolute atomic E-state index is 0.115. The molecule has 1 fully saturated rings. The summed E-state index contributed by atoms with van der Waals surface area (Å²) in [7, 11) is 0. The van der Waals surface area contributed by atoms with Gasteiger partial charge in [0.2, 0.25) is 0 Å². The van der Waals surface area contributed by atoms with Gasteiger partial charge in [0, 0.05) is 55.4 Å². The van der Waals surface area contributed by atoms with Crippen molar-refractivity contribution in [2.45, 2.75) is 26.4 Å². The number of anilines is 1. The fourth-order valence-electron chi connectivity index (χ4n) is 3.58. The lowest BCUT2D eigenvalue weighted by Crippen LogP contribution is -2.49. The van der Waals surface area contributed by atoms with Crippen molar-refractivity contribution in [3.63, 3.8) is 0 Å². The number of β-amino-alcohol motifs (C(OH)–C–C–N with tert-alkyl or cyclic N) is 1. The Balaban J connectivity index is 1.43. The van der Waals surface area contributed by atoms with Crippen molar-refractivity contribution >= 4 is 23.1 Å². The summed E-state index contributed by atoms with van der Waals surface area (Å²) in [5.74, 6) is 0.779. The zero-order valence-electron chi connectivity index (χ0n) is 17.1. The van der Waals surface area contributed by atoms with Crippen LogP contribution in [0.5, 0.6) is 5.75 Å². The molecule has 1 aliphatic rings. The van der Waals surface area contributed by atoms with Gasteiger partial charge >= 0.3 is 0 Å². The molecule has 3 rings (SSSR count). The Labute approximate surface area is 177 Å². The van der Waals surface area contributed by atoms with Gasteiger partial charge in [-0.1, -0.05) is 24.6 Å². The molecule has 0 unspecified atom stereocenters. The van der Waals surface area contributed by atoms with Crippen molar-refractivity contribution in [3.05, 3.63) is 58.6 Å². The summed E-state index contributed by atoms with van der Waals surface area (Å²) in [4.78, 5) is 16.3. The number of Topliss-reactive ketones (excluding diaryl/α,β-unsaturated/α-hetero) is 1. The number of hydrogen-bond acceptors (Lipinski definition) is 5. The number of nitrogens with zero attached hydrogens (tertiary/aromatic N) is 2. The summed E-state index contributed by atoms with van der Waals surface area (Å²) in [5.41, 5.74) is 3.10. The fourth-order valence-corrected chi connectivity index (χ4v) is 3.75. The first-order valence-corrected chi connectivity index (χ1v) is 10.5. The van der Waals surface area contributed by atoms with Crippen molar-refractivity contribution in [2.24, 2.45) is 0 Å². The van der Waals surface area contributed by atoms with Gasteiger partial charge in [0.1, 0.15) is 18.5 Å². The average molecular weight is 417 g/mol. The highest BCUT2D eigenvalue weighted by Crippen LogP contribution is 2.25. The van der Waals surface area contributed by atoms with Gasteiger partial charge in [0.15, 0.2) is 5.78 Å². The lowest BCUT2D eigenvalue weighted by molar-refractivity contribution is 0.0663. The van der Waals surface area contributed by atoms with Crippen molar-refractivity contribution in [3.8, 4) is 5.75 Å². The molecule has 5 nitrogen and oxygen atoms in total. The first-order chi connectivity index (χ1) is 14.0. The molecule has 0 aliphatic carbocycles. The van der Waals surface area contributed by atoms with Crippen LogP contribution in [0.15, 0.2) is 42.5 Å². The SMILES string of the molecule is CCC(=O)c1ccc(OC[C@@H](O)CN2CCN(c3cc(Cl)ccc3C)CC2)cc1. The molecule has 29 heavy (non-hydrogen) atoms. The molecular formula is C23H29ClN2O3. The second-order valence-electron chi connectivity index (χ2n) is 7.48. The van der Waals surface area contributed by atoms with Crippen LogP contribution in [-0.2, 0) is 0 Å². The van der Waals surface area contributed by atoms with Gasteiger partial charge in [-0.25, -0.2) is 0 Å². The number of rotatable bonds is 8. The van der Waals surface area contributed by atoms with Crippen molar-refractivity contribution in [1.29, 1.82) is 0 Å². The molecule has 6 heteroatoms. The molecule has 0 bridgehead atoms. The number of aliphatic hydroxyl groups excluding tert-OH is 1. The maximum Gasteiger partial charge on any atom is 0.162 e. The number of carbonyl (C=O) groups excluding carboxylic acids is 1. The molecule has 0 amide bonds. The molecule has 156 valence electrons. The predicted octanol–water partition coefficient (Wildman–Crippen LogP) is 3.80. The van der Waals surface area contributed by atoms with E-state index in [0.717, 1.165) is 31.2 Å². The number of benzene rings is 2. The van der Waals surface area contributed by atoms with Crippen LogP contribution >= 0.6 is 11.6 Å².